The minimum Gasteiger partial charge on any atom is -0.390 e. The Morgan fingerprint density at radius 3 is 2.43 bits per heavy atom. The molecular formula is C16H26N2O2S. The predicted molar refractivity (Wildman–Crippen MR) is 88.1 cm³/mol. The number of hydrogen-bond acceptors (Lipinski definition) is 4. The topological polar surface area (TPSA) is 55.6 Å². The molecule has 2 N–H and O–H groups in total. The molecular weight excluding hydrogens is 284 g/mol. The van der Waals surface area contributed by atoms with Crippen molar-refractivity contribution in [2.45, 2.75) is 40.0 Å². The third-order valence-electron chi connectivity index (χ3n) is 3.71. The number of carbonyl (C=O) groups excluding carboxylic acids is 1. The molecule has 0 aliphatic carbocycles. The average molecular weight is 310 g/mol. The molecule has 0 aromatic carbocycles. The summed E-state index contributed by atoms with van der Waals surface area (Å²) in [5.74, 6) is 0.986. The van der Waals surface area contributed by atoms with Crippen LogP contribution in [0.5, 0.6) is 0 Å². The van der Waals surface area contributed by atoms with Crippen molar-refractivity contribution in [3.63, 3.8) is 0 Å². The van der Waals surface area contributed by atoms with E-state index >= 15 is 0 Å². The average Bonchev–Trinajstić information content (AvgIpc) is 2.75. The zero-order chi connectivity index (χ0) is 15.6. The number of rotatable bonds is 4. The maximum atomic E-state index is 12.9. The molecule has 1 aliphatic rings. The van der Waals surface area contributed by atoms with E-state index < -0.39 is 0 Å². The molecule has 0 bridgehead atoms. The van der Waals surface area contributed by atoms with Crippen LogP contribution >= 0.6 is 11.3 Å². The van der Waals surface area contributed by atoms with Crippen LogP contribution in [0.2, 0.25) is 0 Å². The van der Waals surface area contributed by atoms with Crippen LogP contribution in [-0.4, -0.2) is 37.1 Å². The molecule has 1 aromatic heterocycles. The molecule has 2 heterocycles. The number of thiophene rings is 1. The number of nitrogen functional groups attached to an aromatic ring is 1. The first-order chi connectivity index (χ1) is 9.91. The molecule has 5 heteroatoms. The fourth-order valence-corrected chi connectivity index (χ4v) is 3.83. The number of anilines is 1. The van der Waals surface area contributed by atoms with E-state index in [1.807, 2.05) is 4.90 Å². The van der Waals surface area contributed by atoms with Crippen LogP contribution in [0.1, 0.15) is 54.4 Å². The molecule has 118 valence electrons. The van der Waals surface area contributed by atoms with E-state index in [0.717, 1.165) is 12.0 Å². The van der Waals surface area contributed by atoms with E-state index in [4.69, 9.17) is 10.5 Å². The van der Waals surface area contributed by atoms with Crippen molar-refractivity contribution in [3.05, 3.63) is 16.0 Å². The number of nitrogens with zero attached hydrogens (tertiary/aromatic N) is 1. The first-order valence-electron chi connectivity index (χ1n) is 7.69. The summed E-state index contributed by atoms with van der Waals surface area (Å²) in [7, 11) is 0. The van der Waals surface area contributed by atoms with Crippen molar-refractivity contribution in [1.82, 2.24) is 4.90 Å². The van der Waals surface area contributed by atoms with Crippen LogP contribution < -0.4 is 5.73 Å². The monoisotopic (exact) mass is 310 g/mol. The second-order valence-corrected chi connectivity index (χ2v) is 7.43. The van der Waals surface area contributed by atoms with Gasteiger partial charge in [-0.05, 0) is 23.8 Å². The zero-order valence-electron chi connectivity index (χ0n) is 13.4. The predicted octanol–water partition coefficient (Wildman–Crippen LogP) is 3.12. The lowest BCUT2D eigenvalue weighted by Crippen LogP contribution is -2.41. The number of ether oxygens (including phenoxy) is 1. The molecule has 0 spiro atoms. The van der Waals surface area contributed by atoms with Crippen LogP contribution in [0.3, 0.4) is 0 Å². The van der Waals surface area contributed by atoms with Crippen molar-refractivity contribution in [3.8, 4) is 0 Å². The van der Waals surface area contributed by atoms with Gasteiger partial charge in [-0.1, -0.05) is 27.7 Å². The number of nitrogens with two attached hydrogens (primary N) is 1. The van der Waals surface area contributed by atoms with Crippen LogP contribution in [0.4, 0.5) is 5.00 Å². The van der Waals surface area contributed by atoms with Crippen molar-refractivity contribution in [1.29, 1.82) is 0 Å². The van der Waals surface area contributed by atoms with Gasteiger partial charge < -0.3 is 15.4 Å². The third kappa shape index (κ3) is 3.58. The van der Waals surface area contributed by atoms with Crippen molar-refractivity contribution < 1.29 is 9.53 Å². The first-order valence-corrected chi connectivity index (χ1v) is 8.51. The summed E-state index contributed by atoms with van der Waals surface area (Å²) >= 11 is 1.58. The number of morpholine rings is 1. The highest BCUT2D eigenvalue weighted by atomic mass is 32.1. The summed E-state index contributed by atoms with van der Waals surface area (Å²) < 4.78 is 5.33. The Hall–Kier alpha value is -1.07. The van der Waals surface area contributed by atoms with E-state index in [0.29, 0.717) is 43.1 Å². The Balaban J connectivity index is 2.38. The minimum atomic E-state index is 0.0783. The Labute approximate surface area is 131 Å². The molecule has 1 amide bonds. The Bertz CT molecular complexity index is 503. The van der Waals surface area contributed by atoms with Gasteiger partial charge in [0.2, 0.25) is 0 Å². The zero-order valence-corrected chi connectivity index (χ0v) is 14.3. The number of hydrogen-bond donors (Lipinski definition) is 1. The van der Waals surface area contributed by atoms with Gasteiger partial charge >= 0.3 is 0 Å². The Kier molecular flexibility index (Phi) is 5.27. The normalized spacial score (nSPS) is 16.0. The lowest BCUT2D eigenvalue weighted by Gasteiger charge is -2.27. The quantitative estimate of drug-likeness (QED) is 0.929. The lowest BCUT2D eigenvalue weighted by atomic mass is 9.95. The summed E-state index contributed by atoms with van der Waals surface area (Å²) in [6, 6.07) is 0. The van der Waals surface area contributed by atoms with E-state index in [1.165, 1.54) is 10.4 Å². The summed E-state index contributed by atoms with van der Waals surface area (Å²) in [4.78, 5) is 16.0. The summed E-state index contributed by atoms with van der Waals surface area (Å²) in [6.07, 6.45) is 0.909. The smallest absolute Gasteiger partial charge is 0.257 e. The van der Waals surface area contributed by atoms with Gasteiger partial charge in [-0.3, -0.25) is 4.79 Å². The van der Waals surface area contributed by atoms with Crippen molar-refractivity contribution >= 4 is 22.2 Å². The van der Waals surface area contributed by atoms with Crippen molar-refractivity contribution in [2.24, 2.45) is 5.92 Å². The molecule has 0 saturated carbocycles. The summed E-state index contributed by atoms with van der Waals surface area (Å²) in [5, 5.41) is 0.672. The van der Waals surface area contributed by atoms with Gasteiger partial charge in [0.1, 0.15) is 0 Å². The highest BCUT2D eigenvalue weighted by Crippen LogP contribution is 2.38. The summed E-state index contributed by atoms with van der Waals surface area (Å²) in [6.45, 7) is 11.2. The molecule has 1 aliphatic heterocycles. The van der Waals surface area contributed by atoms with E-state index in [-0.39, 0.29) is 5.91 Å². The SMILES string of the molecule is CC(C)Cc1c(C(C)C)sc(N)c1C(=O)N1CCOCC1. The van der Waals surface area contributed by atoms with E-state index in [9.17, 15) is 4.79 Å². The minimum absolute atomic E-state index is 0.0783. The largest absolute Gasteiger partial charge is 0.390 e. The van der Waals surface area contributed by atoms with Gasteiger partial charge in [0.15, 0.2) is 0 Å². The standard InChI is InChI=1S/C16H26N2O2S/c1-10(2)9-12-13(15(17)21-14(12)11(3)4)16(19)18-5-7-20-8-6-18/h10-11H,5-9,17H2,1-4H3. The third-order valence-corrected chi connectivity index (χ3v) is 5.08. The molecule has 0 radical (unpaired) electrons. The molecule has 1 saturated heterocycles. The second-order valence-electron chi connectivity index (χ2n) is 6.34. The Morgan fingerprint density at radius 2 is 1.90 bits per heavy atom. The highest BCUT2D eigenvalue weighted by Gasteiger charge is 2.28. The fourth-order valence-electron chi connectivity index (χ4n) is 2.74. The molecule has 1 fully saturated rings. The fraction of sp³-hybridized carbons (Fsp3) is 0.688. The van der Waals surface area contributed by atoms with Crippen LogP contribution in [-0.2, 0) is 11.2 Å². The molecule has 1 aromatic rings. The van der Waals surface area contributed by atoms with Gasteiger partial charge in [0.25, 0.3) is 5.91 Å². The molecule has 21 heavy (non-hydrogen) atoms. The second kappa shape index (κ2) is 6.79. The van der Waals surface area contributed by atoms with Gasteiger partial charge in [0.05, 0.1) is 23.8 Å². The Morgan fingerprint density at radius 1 is 1.29 bits per heavy atom. The van der Waals surface area contributed by atoms with Crippen LogP contribution in [0, 0.1) is 5.92 Å². The number of amides is 1. The van der Waals surface area contributed by atoms with Gasteiger partial charge in [-0.25, -0.2) is 0 Å². The molecule has 0 unspecified atom stereocenters. The van der Waals surface area contributed by atoms with Gasteiger partial charge in [0, 0.05) is 18.0 Å². The number of carbonyl (C=O) groups is 1. The van der Waals surface area contributed by atoms with E-state index in [2.05, 4.69) is 27.7 Å². The lowest BCUT2D eigenvalue weighted by molar-refractivity contribution is 0.0303. The van der Waals surface area contributed by atoms with E-state index in [1.54, 1.807) is 11.3 Å². The maximum Gasteiger partial charge on any atom is 0.257 e. The van der Waals surface area contributed by atoms with Gasteiger partial charge in [-0.15, -0.1) is 11.3 Å². The maximum absolute atomic E-state index is 12.9. The molecule has 2 rings (SSSR count). The summed E-state index contributed by atoms with van der Waals surface area (Å²) in [5.41, 5.74) is 8.12. The highest BCUT2D eigenvalue weighted by molar-refractivity contribution is 7.16. The van der Waals surface area contributed by atoms with Gasteiger partial charge in [-0.2, -0.15) is 0 Å². The molecule has 0 atom stereocenters. The molecule has 4 nitrogen and oxygen atoms in total. The van der Waals surface area contributed by atoms with Crippen LogP contribution in [0.15, 0.2) is 0 Å². The first kappa shape index (κ1) is 16.3. The van der Waals surface area contributed by atoms with Crippen LogP contribution in [0.25, 0.3) is 0 Å². The van der Waals surface area contributed by atoms with Crippen molar-refractivity contribution in [2.75, 3.05) is 32.0 Å².